The number of ether oxygens (including phenoxy) is 1. The smallest absolute Gasteiger partial charge is 0.308 e. The van der Waals surface area contributed by atoms with Crippen molar-refractivity contribution in [3.8, 4) is 5.69 Å². The molecule has 0 radical (unpaired) electrons. The van der Waals surface area contributed by atoms with Crippen molar-refractivity contribution in [3.05, 3.63) is 90.3 Å². The van der Waals surface area contributed by atoms with Crippen LogP contribution < -0.4 is 5.32 Å². The van der Waals surface area contributed by atoms with Crippen LogP contribution in [0.4, 0.5) is 0 Å². The third-order valence-corrected chi connectivity index (χ3v) is 4.42. The Morgan fingerprint density at radius 3 is 2.29 bits per heavy atom. The second kappa shape index (κ2) is 9.55. The van der Waals surface area contributed by atoms with Crippen LogP contribution in [-0.4, -0.2) is 23.1 Å². The van der Waals surface area contributed by atoms with Crippen molar-refractivity contribution in [2.24, 2.45) is 0 Å². The highest BCUT2D eigenvalue weighted by Gasteiger charge is 2.19. The fourth-order valence-corrected chi connectivity index (χ4v) is 3.05. The number of nitrogens with one attached hydrogen (secondary N) is 1. The zero-order valence-electron chi connectivity index (χ0n) is 15.9. The zero-order valence-corrected chi connectivity index (χ0v) is 15.9. The molecule has 1 aromatic heterocycles. The molecular weight excluding hydrogens is 352 g/mol. The van der Waals surface area contributed by atoms with Gasteiger partial charge in [-0.1, -0.05) is 42.5 Å². The minimum absolute atomic E-state index is 0.107. The molecule has 1 heterocycles. The summed E-state index contributed by atoms with van der Waals surface area (Å²) in [6, 6.07) is 20.8. The maximum Gasteiger partial charge on any atom is 0.308 e. The van der Waals surface area contributed by atoms with Crippen LogP contribution in [0.25, 0.3) is 5.69 Å². The summed E-state index contributed by atoms with van der Waals surface area (Å²) in [5.41, 5.74) is 2.84. The highest BCUT2D eigenvalue weighted by atomic mass is 16.5. The lowest BCUT2D eigenvalue weighted by molar-refractivity contribution is -0.143. The Morgan fingerprint density at radius 2 is 1.64 bits per heavy atom. The number of rotatable bonds is 8. The first-order valence-corrected chi connectivity index (χ1v) is 9.38. The standard InChI is InChI=1S/C23H24N2O3/c1-2-28-23(27)17-21(19-8-4-3-5-9-19)24-22(26)16-18-10-12-20(13-11-18)25-14-6-7-15-25/h3-15,21H,2,16-17H2,1H3,(H,24,26). The minimum Gasteiger partial charge on any atom is -0.466 e. The number of esters is 1. The lowest BCUT2D eigenvalue weighted by Gasteiger charge is -2.18. The number of aromatic nitrogens is 1. The molecule has 0 aliphatic heterocycles. The molecule has 1 N–H and O–H groups in total. The van der Waals surface area contributed by atoms with Crippen molar-refractivity contribution in [3.63, 3.8) is 0 Å². The monoisotopic (exact) mass is 376 g/mol. The highest BCUT2D eigenvalue weighted by Crippen LogP contribution is 2.18. The van der Waals surface area contributed by atoms with Gasteiger partial charge in [-0.25, -0.2) is 0 Å². The van der Waals surface area contributed by atoms with Gasteiger partial charge in [0.25, 0.3) is 0 Å². The van der Waals surface area contributed by atoms with Crippen LogP contribution in [0.15, 0.2) is 79.1 Å². The molecule has 28 heavy (non-hydrogen) atoms. The highest BCUT2D eigenvalue weighted by molar-refractivity contribution is 5.80. The van der Waals surface area contributed by atoms with Crippen molar-refractivity contribution < 1.29 is 14.3 Å². The summed E-state index contributed by atoms with van der Waals surface area (Å²) in [5, 5.41) is 2.97. The Bertz CT molecular complexity index is 887. The Balaban J connectivity index is 1.65. The molecule has 2 aromatic carbocycles. The normalized spacial score (nSPS) is 11.6. The lowest BCUT2D eigenvalue weighted by atomic mass is 10.0. The third-order valence-electron chi connectivity index (χ3n) is 4.42. The van der Waals surface area contributed by atoms with Gasteiger partial charge in [-0.05, 0) is 42.3 Å². The summed E-state index contributed by atoms with van der Waals surface area (Å²) in [6.45, 7) is 2.09. The van der Waals surface area contributed by atoms with Crippen molar-refractivity contribution in [1.29, 1.82) is 0 Å². The molecule has 3 aromatic rings. The molecule has 144 valence electrons. The predicted octanol–water partition coefficient (Wildman–Crippen LogP) is 3.83. The van der Waals surface area contributed by atoms with E-state index in [4.69, 9.17) is 4.74 Å². The summed E-state index contributed by atoms with van der Waals surface area (Å²) in [5.74, 6) is -0.459. The lowest BCUT2D eigenvalue weighted by Crippen LogP contribution is -2.31. The SMILES string of the molecule is CCOC(=O)CC(NC(=O)Cc1ccc(-n2cccc2)cc1)c1ccccc1. The molecule has 5 heteroatoms. The summed E-state index contributed by atoms with van der Waals surface area (Å²) in [6.07, 6.45) is 4.30. The summed E-state index contributed by atoms with van der Waals surface area (Å²) in [4.78, 5) is 24.5. The maximum absolute atomic E-state index is 12.6. The van der Waals surface area contributed by atoms with Crippen LogP contribution >= 0.6 is 0 Å². The van der Waals surface area contributed by atoms with Crippen molar-refractivity contribution >= 4 is 11.9 Å². The Morgan fingerprint density at radius 1 is 0.964 bits per heavy atom. The number of benzene rings is 2. The number of carbonyl (C=O) groups excluding carboxylic acids is 2. The zero-order chi connectivity index (χ0) is 19.8. The number of amides is 1. The molecule has 0 saturated carbocycles. The number of carbonyl (C=O) groups is 2. The van der Waals surface area contributed by atoms with Crippen LogP contribution in [0.2, 0.25) is 0 Å². The second-order valence-corrected chi connectivity index (χ2v) is 6.47. The quantitative estimate of drug-likeness (QED) is 0.608. The molecule has 0 aliphatic rings. The second-order valence-electron chi connectivity index (χ2n) is 6.47. The van der Waals surface area contributed by atoms with Gasteiger partial charge in [0.05, 0.1) is 25.5 Å². The Hall–Kier alpha value is -3.34. The number of hydrogen-bond donors (Lipinski definition) is 1. The van der Waals surface area contributed by atoms with E-state index in [1.165, 1.54) is 0 Å². The topological polar surface area (TPSA) is 60.3 Å². The molecule has 0 saturated heterocycles. The summed E-state index contributed by atoms with van der Waals surface area (Å²) in [7, 11) is 0. The first-order valence-electron chi connectivity index (χ1n) is 9.38. The molecule has 5 nitrogen and oxygen atoms in total. The van der Waals surface area contributed by atoms with E-state index in [0.29, 0.717) is 6.61 Å². The van der Waals surface area contributed by atoms with E-state index in [-0.39, 0.29) is 24.7 Å². The molecule has 0 spiro atoms. The van der Waals surface area contributed by atoms with Gasteiger partial charge in [0.2, 0.25) is 5.91 Å². The average Bonchev–Trinajstić information content (AvgIpc) is 3.24. The van der Waals surface area contributed by atoms with Crippen LogP contribution in [0.5, 0.6) is 0 Å². The molecule has 1 amide bonds. The summed E-state index contributed by atoms with van der Waals surface area (Å²) >= 11 is 0. The van der Waals surface area contributed by atoms with E-state index in [2.05, 4.69) is 5.32 Å². The molecule has 0 fully saturated rings. The number of nitrogens with zero attached hydrogens (tertiary/aromatic N) is 1. The summed E-state index contributed by atoms with van der Waals surface area (Å²) < 4.78 is 7.06. The van der Waals surface area contributed by atoms with Gasteiger partial charge in [0.1, 0.15) is 0 Å². The van der Waals surface area contributed by atoms with E-state index in [0.717, 1.165) is 16.8 Å². The predicted molar refractivity (Wildman–Crippen MR) is 108 cm³/mol. The molecular formula is C23H24N2O3. The van der Waals surface area contributed by atoms with E-state index in [1.54, 1.807) is 6.92 Å². The average molecular weight is 376 g/mol. The first-order chi connectivity index (χ1) is 13.7. The van der Waals surface area contributed by atoms with E-state index < -0.39 is 6.04 Å². The van der Waals surface area contributed by atoms with Crippen molar-refractivity contribution in [2.75, 3.05) is 6.61 Å². The van der Waals surface area contributed by atoms with Gasteiger partial charge in [0, 0.05) is 18.1 Å². The Labute approximate surface area is 165 Å². The van der Waals surface area contributed by atoms with Gasteiger partial charge >= 0.3 is 5.97 Å². The van der Waals surface area contributed by atoms with Gasteiger partial charge in [-0.3, -0.25) is 9.59 Å². The third kappa shape index (κ3) is 5.33. The van der Waals surface area contributed by atoms with Crippen LogP contribution in [0, 0.1) is 0 Å². The van der Waals surface area contributed by atoms with Crippen LogP contribution in [0.1, 0.15) is 30.5 Å². The van der Waals surface area contributed by atoms with Crippen LogP contribution in [-0.2, 0) is 20.7 Å². The van der Waals surface area contributed by atoms with E-state index in [9.17, 15) is 9.59 Å². The van der Waals surface area contributed by atoms with Gasteiger partial charge in [0.15, 0.2) is 0 Å². The van der Waals surface area contributed by atoms with E-state index in [1.807, 2.05) is 83.7 Å². The maximum atomic E-state index is 12.6. The van der Waals surface area contributed by atoms with Gasteiger partial charge in [-0.15, -0.1) is 0 Å². The Kier molecular flexibility index (Phi) is 6.63. The van der Waals surface area contributed by atoms with Gasteiger partial charge < -0.3 is 14.6 Å². The van der Waals surface area contributed by atoms with Crippen molar-refractivity contribution in [2.45, 2.75) is 25.8 Å². The minimum atomic E-state index is -0.410. The fourth-order valence-electron chi connectivity index (χ4n) is 3.05. The van der Waals surface area contributed by atoms with Gasteiger partial charge in [-0.2, -0.15) is 0 Å². The first kappa shape index (κ1) is 19.4. The molecule has 0 aliphatic carbocycles. The van der Waals surface area contributed by atoms with E-state index >= 15 is 0 Å². The molecule has 3 rings (SSSR count). The molecule has 1 unspecified atom stereocenters. The van der Waals surface area contributed by atoms with Crippen molar-refractivity contribution in [1.82, 2.24) is 9.88 Å². The largest absolute Gasteiger partial charge is 0.466 e. The molecule has 0 bridgehead atoms. The number of hydrogen-bond acceptors (Lipinski definition) is 3. The van der Waals surface area contributed by atoms with Crippen LogP contribution in [0.3, 0.4) is 0 Å². The fraction of sp³-hybridized carbons (Fsp3) is 0.217. The molecule has 1 atom stereocenters.